The number of carbonyl (C=O) groups is 1. The summed E-state index contributed by atoms with van der Waals surface area (Å²) in [7, 11) is 0. The predicted molar refractivity (Wildman–Crippen MR) is 84.0 cm³/mol. The van der Waals surface area contributed by atoms with Crippen molar-refractivity contribution in [3.05, 3.63) is 64.6 Å². The number of anilines is 1. The van der Waals surface area contributed by atoms with Gasteiger partial charge in [0.1, 0.15) is 0 Å². The van der Waals surface area contributed by atoms with Crippen molar-refractivity contribution in [2.45, 2.75) is 0 Å². The van der Waals surface area contributed by atoms with E-state index < -0.39 is 0 Å². The van der Waals surface area contributed by atoms with Crippen LogP contribution in [-0.2, 0) is 0 Å². The zero-order valence-electron chi connectivity index (χ0n) is 8.89. The smallest absolute Gasteiger partial charge is 0.255 e. The molecule has 88 valence electrons. The Hall–Kier alpha value is -0.880. The van der Waals surface area contributed by atoms with Gasteiger partial charge in [-0.15, -0.1) is 24.0 Å². The fourth-order valence-corrected chi connectivity index (χ4v) is 1.59. The van der Waals surface area contributed by atoms with E-state index in [2.05, 4.69) is 21.2 Å². The van der Waals surface area contributed by atoms with Crippen molar-refractivity contribution in [2.75, 3.05) is 5.32 Å². The van der Waals surface area contributed by atoms with Crippen molar-refractivity contribution >= 4 is 51.5 Å². The van der Waals surface area contributed by atoms with E-state index in [1.807, 2.05) is 42.5 Å². The topological polar surface area (TPSA) is 29.1 Å². The second kappa shape index (κ2) is 6.76. The van der Waals surface area contributed by atoms with Gasteiger partial charge < -0.3 is 5.32 Å². The minimum atomic E-state index is -0.0945. The van der Waals surface area contributed by atoms with E-state index in [4.69, 9.17) is 0 Å². The van der Waals surface area contributed by atoms with Gasteiger partial charge in [0.15, 0.2) is 0 Å². The van der Waals surface area contributed by atoms with E-state index in [1.165, 1.54) is 0 Å². The number of amides is 1. The summed E-state index contributed by atoms with van der Waals surface area (Å²) < 4.78 is 0.991. The van der Waals surface area contributed by atoms with Crippen LogP contribution in [0.15, 0.2) is 59.1 Å². The Balaban J connectivity index is 0.00000144. The van der Waals surface area contributed by atoms with Crippen LogP contribution >= 0.6 is 39.9 Å². The molecule has 1 amide bonds. The molecule has 0 bridgehead atoms. The largest absolute Gasteiger partial charge is 0.322 e. The molecule has 2 rings (SSSR count). The fraction of sp³-hybridized carbons (Fsp3) is 0. The van der Waals surface area contributed by atoms with E-state index in [9.17, 15) is 4.79 Å². The lowest BCUT2D eigenvalue weighted by Crippen LogP contribution is -2.11. The standard InChI is InChI=1S/C13H10BrNO.HI/c14-11-6-8-12(9-7-11)15-13(16)10-4-2-1-3-5-10;/h1-9H,(H,15,16);1H. The van der Waals surface area contributed by atoms with Crippen LogP contribution in [0, 0.1) is 0 Å². The molecule has 2 aromatic carbocycles. The highest BCUT2D eigenvalue weighted by molar-refractivity contribution is 14.0. The third kappa shape index (κ3) is 4.12. The zero-order valence-corrected chi connectivity index (χ0v) is 12.8. The maximum absolute atomic E-state index is 11.8. The summed E-state index contributed by atoms with van der Waals surface area (Å²) in [6.07, 6.45) is 0. The first-order valence-corrected chi connectivity index (χ1v) is 5.67. The van der Waals surface area contributed by atoms with Gasteiger partial charge in [0.25, 0.3) is 5.91 Å². The highest BCUT2D eigenvalue weighted by Gasteiger charge is 2.04. The monoisotopic (exact) mass is 403 g/mol. The first-order valence-electron chi connectivity index (χ1n) is 4.88. The molecule has 0 atom stereocenters. The molecule has 0 saturated carbocycles. The minimum absolute atomic E-state index is 0. The molecule has 0 unspecified atom stereocenters. The van der Waals surface area contributed by atoms with Gasteiger partial charge in [-0.25, -0.2) is 0 Å². The van der Waals surface area contributed by atoms with Crippen molar-refractivity contribution in [1.82, 2.24) is 0 Å². The summed E-state index contributed by atoms with van der Waals surface area (Å²) in [4.78, 5) is 11.8. The molecule has 2 nitrogen and oxygen atoms in total. The number of benzene rings is 2. The maximum atomic E-state index is 11.8. The van der Waals surface area contributed by atoms with E-state index >= 15 is 0 Å². The fourth-order valence-electron chi connectivity index (χ4n) is 1.33. The SMILES string of the molecule is I.O=C(Nc1ccc(Br)cc1)c1ccccc1. The van der Waals surface area contributed by atoms with Gasteiger partial charge in [-0.1, -0.05) is 34.1 Å². The Morgan fingerprint density at radius 3 is 2.12 bits per heavy atom. The number of carbonyl (C=O) groups excluding carboxylic acids is 1. The molecule has 1 N–H and O–H groups in total. The van der Waals surface area contributed by atoms with Crippen LogP contribution in [-0.4, -0.2) is 5.91 Å². The molecule has 0 aliphatic heterocycles. The number of hydrogen-bond donors (Lipinski definition) is 1. The van der Waals surface area contributed by atoms with Crippen LogP contribution in [0.1, 0.15) is 10.4 Å². The Labute approximate surface area is 126 Å². The number of nitrogens with one attached hydrogen (secondary N) is 1. The second-order valence-corrected chi connectivity index (χ2v) is 4.24. The maximum Gasteiger partial charge on any atom is 0.255 e. The summed E-state index contributed by atoms with van der Waals surface area (Å²) in [5.74, 6) is -0.0945. The van der Waals surface area contributed by atoms with Crippen LogP contribution in [0.2, 0.25) is 0 Å². The molecule has 0 heterocycles. The molecule has 0 aliphatic carbocycles. The average Bonchev–Trinajstić information content (AvgIpc) is 2.33. The van der Waals surface area contributed by atoms with Gasteiger partial charge in [0.05, 0.1) is 0 Å². The van der Waals surface area contributed by atoms with Crippen LogP contribution in [0.5, 0.6) is 0 Å². The third-order valence-corrected chi connectivity index (χ3v) is 2.67. The van der Waals surface area contributed by atoms with Gasteiger partial charge in [0.2, 0.25) is 0 Å². The lowest BCUT2D eigenvalue weighted by atomic mass is 10.2. The molecule has 0 saturated heterocycles. The molecule has 0 fully saturated rings. The van der Waals surface area contributed by atoms with Crippen molar-refractivity contribution in [2.24, 2.45) is 0 Å². The van der Waals surface area contributed by atoms with Gasteiger partial charge >= 0.3 is 0 Å². The second-order valence-electron chi connectivity index (χ2n) is 3.33. The Kier molecular flexibility index (Phi) is 5.64. The molecule has 0 aromatic heterocycles. The molecule has 2 aromatic rings. The molecular weight excluding hydrogens is 393 g/mol. The summed E-state index contributed by atoms with van der Waals surface area (Å²) in [6, 6.07) is 16.6. The van der Waals surface area contributed by atoms with Gasteiger partial charge in [0, 0.05) is 15.7 Å². The van der Waals surface area contributed by atoms with Gasteiger partial charge in [-0.05, 0) is 36.4 Å². The third-order valence-electron chi connectivity index (χ3n) is 2.14. The Morgan fingerprint density at radius 2 is 1.53 bits per heavy atom. The van der Waals surface area contributed by atoms with Gasteiger partial charge in [-0.2, -0.15) is 0 Å². The Morgan fingerprint density at radius 1 is 0.941 bits per heavy atom. The van der Waals surface area contributed by atoms with Crippen LogP contribution in [0.3, 0.4) is 0 Å². The molecular formula is C13H11BrINO. The normalized spacial score (nSPS) is 9.24. The van der Waals surface area contributed by atoms with E-state index in [-0.39, 0.29) is 29.9 Å². The quantitative estimate of drug-likeness (QED) is 0.743. The summed E-state index contributed by atoms with van der Waals surface area (Å²) >= 11 is 3.34. The van der Waals surface area contributed by atoms with E-state index in [0.29, 0.717) is 5.56 Å². The first-order chi connectivity index (χ1) is 7.75. The van der Waals surface area contributed by atoms with Crippen LogP contribution < -0.4 is 5.32 Å². The van der Waals surface area contributed by atoms with Crippen molar-refractivity contribution < 1.29 is 4.79 Å². The predicted octanol–water partition coefficient (Wildman–Crippen LogP) is 4.32. The highest BCUT2D eigenvalue weighted by Crippen LogP contribution is 2.14. The lowest BCUT2D eigenvalue weighted by molar-refractivity contribution is 0.102. The number of rotatable bonds is 2. The van der Waals surface area contributed by atoms with Crippen LogP contribution in [0.25, 0.3) is 0 Å². The molecule has 0 aliphatic rings. The minimum Gasteiger partial charge on any atom is -0.322 e. The summed E-state index contributed by atoms with van der Waals surface area (Å²) in [5.41, 5.74) is 1.45. The molecule has 0 spiro atoms. The highest BCUT2D eigenvalue weighted by atomic mass is 127. The average molecular weight is 404 g/mol. The van der Waals surface area contributed by atoms with Crippen molar-refractivity contribution in [1.29, 1.82) is 0 Å². The van der Waals surface area contributed by atoms with Crippen LogP contribution in [0.4, 0.5) is 5.69 Å². The first kappa shape index (κ1) is 14.2. The van der Waals surface area contributed by atoms with Crippen molar-refractivity contribution in [3.63, 3.8) is 0 Å². The lowest BCUT2D eigenvalue weighted by Gasteiger charge is -2.04. The molecule has 4 heteroatoms. The Bertz CT molecular complexity index is 485. The number of halogens is 2. The van der Waals surface area contributed by atoms with Gasteiger partial charge in [-0.3, -0.25) is 4.79 Å². The number of hydrogen-bond acceptors (Lipinski definition) is 1. The van der Waals surface area contributed by atoms with E-state index in [1.54, 1.807) is 12.1 Å². The molecule has 17 heavy (non-hydrogen) atoms. The van der Waals surface area contributed by atoms with Crippen molar-refractivity contribution in [3.8, 4) is 0 Å². The van der Waals surface area contributed by atoms with E-state index in [0.717, 1.165) is 10.2 Å². The zero-order chi connectivity index (χ0) is 11.4. The summed E-state index contributed by atoms with van der Waals surface area (Å²) in [6.45, 7) is 0. The summed E-state index contributed by atoms with van der Waals surface area (Å²) in [5, 5.41) is 2.83. The molecule has 0 radical (unpaired) electrons.